The van der Waals surface area contributed by atoms with E-state index in [4.69, 9.17) is 18.9 Å². The summed E-state index contributed by atoms with van der Waals surface area (Å²) in [6.07, 6.45) is 1.42. The largest absolute Gasteiger partial charge is 0.461 e. The van der Waals surface area contributed by atoms with Crippen LogP contribution < -0.4 is 0 Å². The van der Waals surface area contributed by atoms with Crippen LogP contribution in [0.4, 0.5) is 0 Å². The molecule has 0 amide bonds. The van der Waals surface area contributed by atoms with Crippen LogP contribution in [0.2, 0.25) is 0 Å². The van der Waals surface area contributed by atoms with E-state index >= 15 is 9.59 Å². The molecule has 1 aliphatic heterocycles. The molecule has 308 valence electrons. The lowest BCUT2D eigenvalue weighted by Crippen LogP contribution is -2.55. The topological polar surface area (TPSA) is 91.3 Å². The molecule has 7 heteroatoms. The van der Waals surface area contributed by atoms with Crippen molar-refractivity contribution in [1.29, 1.82) is 0 Å². The van der Waals surface area contributed by atoms with Crippen LogP contribution in [-0.2, 0) is 39.4 Å². The number of rotatable bonds is 9. The molecule has 1 heterocycles. The molecule has 4 aliphatic rings. The van der Waals surface area contributed by atoms with Crippen LogP contribution in [0.25, 0.3) is 0 Å². The minimum absolute atomic E-state index is 0.0282. The van der Waals surface area contributed by atoms with E-state index in [0.717, 1.165) is 25.7 Å². The third-order valence-electron chi connectivity index (χ3n) is 15.3. The summed E-state index contributed by atoms with van der Waals surface area (Å²) >= 11 is 0. The Hall–Kier alpha value is -3.52. The van der Waals surface area contributed by atoms with Crippen LogP contribution in [-0.4, -0.2) is 46.7 Å². The summed E-state index contributed by atoms with van der Waals surface area (Å²) in [5.74, 6) is -2.02. The molecule has 0 spiro atoms. The monoisotopic (exact) mass is 778 g/mol. The number of aliphatic hydroxyl groups is 1. The second-order valence-electron chi connectivity index (χ2n) is 20.1. The first-order chi connectivity index (χ1) is 26.8. The summed E-state index contributed by atoms with van der Waals surface area (Å²) in [5, 5.41) is 12.8. The van der Waals surface area contributed by atoms with Crippen LogP contribution >= 0.6 is 0 Å². The van der Waals surface area contributed by atoms with Gasteiger partial charge in [0, 0.05) is 11.8 Å². The second-order valence-corrected chi connectivity index (χ2v) is 20.1. The van der Waals surface area contributed by atoms with Crippen molar-refractivity contribution >= 4 is 11.9 Å². The Morgan fingerprint density at radius 1 is 0.614 bits per heavy atom. The quantitative estimate of drug-likeness (QED) is 0.171. The predicted octanol–water partition coefficient (Wildman–Crippen LogP) is 10.4. The normalized spacial score (nSPS) is 31.0. The fourth-order valence-corrected chi connectivity index (χ4v) is 10.9. The first kappa shape index (κ1) is 41.6. The van der Waals surface area contributed by atoms with Crippen molar-refractivity contribution in [3.8, 4) is 0 Å². The molecule has 3 aromatic carbocycles. The predicted molar refractivity (Wildman–Crippen MR) is 222 cm³/mol. The minimum Gasteiger partial charge on any atom is -0.461 e. The molecule has 3 aromatic rings. The van der Waals surface area contributed by atoms with Gasteiger partial charge in [0.25, 0.3) is 0 Å². The van der Waals surface area contributed by atoms with E-state index in [1.54, 1.807) is 6.07 Å². The SMILES string of the molecule is C[C@@H]1CC[C@@H](C(C)(C)c2ccccc2)[C@H](OC(=O)C2(C(=O)O[C@@H]3C[C@H](C)CC[C@H]3C(C)(C)c3ccccc3)[C@H](O)c3ccccc3[C@H]2C2OC(C)(C)C(C)(C)O2)C1. The highest BCUT2D eigenvalue weighted by molar-refractivity contribution is 6.03. The molecule has 7 nitrogen and oxygen atoms in total. The number of fused-ring (bicyclic) bond motifs is 1. The zero-order chi connectivity index (χ0) is 41.1. The maximum absolute atomic E-state index is 15.8. The van der Waals surface area contributed by atoms with Gasteiger partial charge in [0.05, 0.1) is 17.1 Å². The number of esters is 2. The highest BCUT2D eigenvalue weighted by atomic mass is 16.7. The first-order valence-electron chi connectivity index (χ1n) is 21.5. The van der Waals surface area contributed by atoms with Crippen LogP contribution in [0.1, 0.15) is 142 Å². The van der Waals surface area contributed by atoms with Gasteiger partial charge >= 0.3 is 11.9 Å². The fraction of sp³-hybridized carbons (Fsp3) is 0.600. The lowest BCUT2D eigenvalue weighted by Gasteiger charge is -2.47. The van der Waals surface area contributed by atoms with Crippen molar-refractivity contribution in [2.75, 3.05) is 0 Å². The Morgan fingerprint density at radius 2 is 1.00 bits per heavy atom. The third kappa shape index (κ3) is 7.18. The third-order valence-corrected chi connectivity index (χ3v) is 15.3. The summed E-state index contributed by atoms with van der Waals surface area (Å²) in [7, 11) is 0. The second kappa shape index (κ2) is 15.3. The summed E-state index contributed by atoms with van der Waals surface area (Å²) in [6.45, 7) is 21.1. The number of hydrogen-bond donors (Lipinski definition) is 1. The zero-order valence-corrected chi connectivity index (χ0v) is 35.9. The molecule has 0 unspecified atom stereocenters. The molecule has 3 fully saturated rings. The fourth-order valence-electron chi connectivity index (χ4n) is 10.9. The van der Waals surface area contributed by atoms with Crippen LogP contribution in [0.5, 0.6) is 0 Å². The molecule has 7 rings (SSSR count). The van der Waals surface area contributed by atoms with E-state index in [-0.39, 0.29) is 22.7 Å². The molecule has 0 radical (unpaired) electrons. The average Bonchev–Trinajstić information content (AvgIpc) is 3.56. The van der Waals surface area contributed by atoms with Crippen molar-refractivity contribution in [3.63, 3.8) is 0 Å². The number of aliphatic hydroxyl groups excluding tert-OH is 1. The Morgan fingerprint density at radius 3 is 1.42 bits per heavy atom. The average molecular weight is 779 g/mol. The van der Waals surface area contributed by atoms with Gasteiger partial charge in [0.15, 0.2) is 6.29 Å². The van der Waals surface area contributed by atoms with Crippen molar-refractivity contribution < 1.29 is 33.6 Å². The van der Waals surface area contributed by atoms with Gasteiger partial charge in [0.1, 0.15) is 18.3 Å². The Balaban J connectivity index is 1.34. The smallest absolute Gasteiger partial charge is 0.327 e. The van der Waals surface area contributed by atoms with E-state index < -0.39 is 59.1 Å². The summed E-state index contributed by atoms with van der Waals surface area (Å²) in [5.41, 5.74) is -0.956. The highest BCUT2D eigenvalue weighted by Gasteiger charge is 2.71. The molecule has 1 N–H and O–H groups in total. The minimum atomic E-state index is -2.20. The van der Waals surface area contributed by atoms with E-state index in [9.17, 15) is 5.11 Å². The van der Waals surface area contributed by atoms with Crippen LogP contribution in [0.3, 0.4) is 0 Å². The Kier molecular flexibility index (Phi) is 11.1. The summed E-state index contributed by atoms with van der Waals surface area (Å²) < 4.78 is 27.2. The van der Waals surface area contributed by atoms with Gasteiger partial charge in [-0.1, -0.05) is 139 Å². The van der Waals surface area contributed by atoms with E-state index in [1.807, 2.05) is 82.3 Å². The molecule has 2 saturated carbocycles. The molecule has 57 heavy (non-hydrogen) atoms. The Bertz CT molecular complexity index is 1790. The lowest BCUT2D eigenvalue weighted by atomic mass is 9.64. The van der Waals surface area contributed by atoms with E-state index in [0.29, 0.717) is 35.8 Å². The maximum Gasteiger partial charge on any atom is 0.327 e. The van der Waals surface area contributed by atoms with Gasteiger partial charge in [-0.3, -0.25) is 9.59 Å². The molecule has 0 bridgehead atoms. The molecule has 3 aliphatic carbocycles. The van der Waals surface area contributed by atoms with E-state index in [1.165, 1.54) is 11.1 Å². The van der Waals surface area contributed by atoms with Crippen molar-refractivity contribution in [2.24, 2.45) is 29.1 Å². The zero-order valence-electron chi connectivity index (χ0n) is 35.9. The summed E-state index contributed by atoms with van der Waals surface area (Å²) in [6, 6.07) is 28.2. The van der Waals surface area contributed by atoms with Gasteiger partial charge in [-0.15, -0.1) is 0 Å². The molecule has 1 saturated heterocycles. The number of carbonyl (C=O) groups is 2. The van der Waals surface area contributed by atoms with Crippen LogP contribution in [0.15, 0.2) is 84.9 Å². The lowest BCUT2D eigenvalue weighted by molar-refractivity contribution is -0.209. The highest BCUT2D eigenvalue weighted by Crippen LogP contribution is 2.61. The van der Waals surface area contributed by atoms with Crippen LogP contribution in [0, 0.1) is 29.1 Å². The maximum atomic E-state index is 15.8. The molecule has 0 aromatic heterocycles. The number of ether oxygens (including phenoxy) is 4. The number of carbonyl (C=O) groups excluding carboxylic acids is 2. The standard InChI is InChI=1S/C50H66O7/c1-31-25-27-37(46(3,4)33-19-13-11-14-20-33)39(29-31)54-44(52)50(41(35-23-17-18-24-36(35)42(50)51)43-56-48(7,8)49(9,10)57-43)45(53)55-40-30-32(2)26-28-38(40)47(5,6)34-21-15-12-16-22-34/h11-24,31-32,37-43,51H,25-30H2,1-10H3/t31-,32-,37-,38-,39-,40-,41+,42-/m1/s1. The van der Waals surface area contributed by atoms with Gasteiger partial charge in [-0.2, -0.15) is 0 Å². The number of benzene rings is 3. The molecular weight excluding hydrogens is 713 g/mol. The van der Waals surface area contributed by atoms with Crippen molar-refractivity contribution in [3.05, 3.63) is 107 Å². The van der Waals surface area contributed by atoms with Gasteiger partial charge in [-0.05, 0) is 98.3 Å². The van der Waals surface area contributed by atoms with Gasteiger partial charge in [-0.25, -0.2) is 0 Å². The van der Waals surface area contributed by atoms with Crippen molar-refractivity contribution in [2.45, 2.75) is 160 Å². The summed E-state index contributed by atoms with van der Waals surface area (Å²) in [4.78, 5) is 31.5. The number of hydrogen-bond acceptors (Lipinski definition) is 7. The Labute approximate surface area is 341 Å². The van der Waals surface area contributed by atoms with E-state index in [2.05, 4.69) is 65.8 Å². The first-order valence-corrected chi connectivity index (χ1v) is 21.5. The van der Waals surface area contributed by atoms with Gasteiger partial charge < -0.3 is 24.1 Å². The molecule has 8 atom stereocenters. The van der Waals surface area contributed by atoms with Crippen molar-refractivity contribution in [1.82, 2.24) is 0 Å². The molecular formula is C50H66O7. The van der Waals surface area contributed by atoms with Gasteiger partial charge in [0.2, 0.25) is 5.41 Å².